The highest BCUT2D eigenvalue weighted by atomic mass is 19.4. The number of carbonyl (C=O) groups is 1. The van der Waals surface area contributed by atoms with E-state index in [9.17, 15) is 23.1 Å². The van der Waals surface area contributed by atoms with Crippen LogP contribution in [0.3, 0.4) is 0 Å². The molecule has 8 heteroatoms. The molecule has 0 fully saturated rings. The lowest BCUT2D eigenvalue weighted by atomic mass is 10.1. The molecule has 0 saturated carbocycles. The molecule has 0 unspecified atom stereocenters. The zero-order valence-electron chi connectivity index (χ0n) is 8.58. The summed E-state index contributed by atoms with van der Waals surface area (Å²) in [6, 6.07) is 0.740. The number of alkyl halides is 3. The van der Waals surface area contributed by atoms with Gasteiger partial charge in [-0.1, -0.05) is 0 Å². The maximum Gasteiger partial charge on any atom is 0.574 e. The van der Waals surface area contributed by atoms with Gasteiger partial charge in [0.2, 0.25) is 5.88 Å². The lowest BCUT2D eigenvalue weighted by Gasteiger charge is -2.11. The zero-order valence-corrected chi connectivity index (χ0v) is 8.58. The summed E-state index contributed by atoms with van der Waals surface area (Å²) in [4.78, 5) is 13.8. The molecule has 1 rings (SSSR count). The van der Waals surface area contributed by atoms with Crippen molar-refractivity contribution in [2.45, 2.75) is 19.7 Å². The first-order chi connectivity index (χ1) is 7.69. The number of carboxylic acids is 1. The fourth-order valence-electron chi connectivity index (χ4n) is 1.17. The minimum Gasteiger partial charge on any atom is -0.506 e. The van der Waals surface area contributed by atoms with E-state index in [1.165, 1.54) is 6.92 Å². The molecule has 94 valence electrons. The van der Waals surface area contributed by atoms with Crippen molar-refractivity contribution in [1.82, 2.24) is 4.98 Å². The molecule has 0 aliphatic heterocycles. The Balaban J connectivity index is 3.10. The summed E-state index contributed by atoms with van der Waals surface area (Å²) < 4.78 is 39.3. The Bertz CT molecular complexity index is 445. The van der Waals surface area contributed by atoms with Crippen LogP contribution < -0.4 is 4.74 Å². The summed E-state index contributed by atoms with van der Waals surface area (Å²) in [5.74, 6) is -2.55. The van der Waals surface area contributed by atoms with Crippen LogP contribution in [0.25, 0.3) is 0 Å². The molecule has 0 aliphatic carbocycles. The van der Waals surface area contributed by atoms with Gasteiger partial charge in [-0.05, 0) is 6.92 Å². The summed E-state index contributed by atoms with van der Waals surface area (Å²) >= 11 is 0. The fourth-order valence-corrected chi connectivity index (χ4v) is 1.17. The largest absolute Gasteiger partial charge is 0.574 e. The van der Waals surface area contributed by atoms with Crippen LogP contribution in [0.1, 0.15) is 11.3 Å². The molecule has 0 aliphatic rings. The second-order valence-electron chi connectivity index (χ2n) is 3.17. The molecule has 0 aromatic carbocycles. The Labute approximate surface area is 93.5 Å². The number of halogens is 3. The normalized spacial score (nSPS) is 11.3. The molecule has 0 atom stereocenters. The molecule has 1 aromatic heterocycles. The second kappa shape index (κ2) is 4.48. The molecule has 0 amide bonds. The van der Waals surface area contributed by atoms with Crippen molar-refractivity contribution < 1.29 is 32.9 Å². The SMILES string of the molecule is Cc1nc(OC(F)(F)F)cc(CC(=O)O)c1O. The molecule has 2 N–H and O–H groups in total. The Hall–Kier alpha value is -1.99. The third-order valence-electron chi connectivity index (χ3n) is 1.78. The molecule has 1 aromatic rings. The number of carboxylic acid groups (broad SMARTS) is 1. The van der Waals surface area contributed by atoms with Crippen LogP contribution in [0.4, 0.5) is 13.2 Å². The number of rotatable bonds is 3. The van der Waals surface area contributed by atoms with Crippen molar-refractivity contribution in [2.75, 3.05) is 0 Å². The minimum atomic E-state index is -4.92. The quantitative estimate of drug-likeness (QED) is 0.853. The number of aromatic nitrogens is 1. The van der Waals surface area contributed by atoms with Gasteiger partial charge in [0.1, 0.15) is 5.75 Å². The van der Waals surface area contributed by atoms with E-state index in [-0.39, 0.29) is 11.3 Å². The van der Waals surface area contributed by atoms with E-state index in [2.05, 4.69) is 9.72 Å². The van der Waals surface area contributed by atoms with Crippen molar-refractivity contribution >= 4 is 5.97 Å². The Morgan fingerprint density at radius 1 is 1.53 bits per heavy atom. The van der Waals surface area contributed by atoms with Gasteiger partial charge in [0, 0.05) is 11.6 Å². The third kappa shape index (κ3) is 3.82. The van der Waals surface area contributed by atoms with Gasteiger partial charge in [-0.3, -0.25) is 4.79 Å². The third-order valence-corrected chi connectivity index (χ3v) is 1.78. The first-order valence-electron chi connectivity index (χ1n) is 4.36. The van der Waals surface area contributed by atoms with E-state index >= 15 is 0 Å². The minimum absolute atomic E-state index is 0.136. The molecule has 0 saturated heterocycles. The molecule has 0 spiro atoms. The van der Waals surface area contributed by atoms with Crippen LogP contribution in [0.2, 0.25) is 0 Å². The molecular formula is C9H8F3NO4. The molecule has 5 nitrogen and oxygen atoms in total. The van der Waals surface area contributed by atoms with Gasteiger partial charge in [-0.15, -0.1) is 13.2 Å². The molecule has 1 heterocycles. The predicted molar refractivity (Wildman–Crippen MR) is 48.7 cm³/mol. The van der Waals surface area contributed by atoms with E-state index < -0.39 is 30.4 Å². The number of hydrogen-bond donors (Lipinski definition) is 2. The Morgan fingerprint density at radius 2 is 2.12 bits per heavy atom. The number of aryl methyl sites for hydroxylation is 1. The maximum absolute atomic E-state index is 11.9. The first kappa shape index (κ1) is 13.1. The zero-order chi connectivity index (χ0) is 13.2. The number of pyridine rings is 1. The van der Waals surface area contributed by atoms with Crippen LogP contribution in [-0.4, -0.2) is 27.5 Å². The average Bonchev–Trinajstić information content (AvgIpc) is 2.09. The smallest absolute Gasteiger partial charge is 0.506 e. The summed E-state index contributed by atoms with van der Waals surface area (Å²) in [6.07, 6.45) is -5.54. The monoisotopic (exact) mass is 251 g/mol. The first-order valence-corrected chi connectivity index (χ1v) is 4.36. The molecule has 0 bridgehead atoms. The number of ether oxygens (including phenoxy) is 1. The number of aromatic hydroxyl groups is 1. The van der Waals surface area contributed by atoms with Crippen LogP contribution in [0.5, 0.6) is 11.6 Å². The van der Waals surface area contributed by atoms with Gasteiger partial charge < -0.3 is 14.9 Å². The van der Waals surface area contributed by atoms with Gasteiger partial charge in [0.05, 0.1) is 12.1 Å². The maximum atomic E-state index is 11.9. The van der Waals surface area contributed by atoms with E-state index in [0.717, 1.165) is 6.07 Å². The van der Waals surface area contributed by atoms with Crippen molar-refractivity contribution in [2.24, 2.45) is 0 Å². The number of nitrogens with zero attached hydrogens (tertiary/aromatic N) is 1. The van der Waals surface area contributed by atoms with Gasteiger partial charge in [0.25, 0.3) is 0 Å². The average molecular weight is 251 g/mol. The Morgan fingerprint density at radius 3 is 2.59 bits per heavy atom. The topological polar surface area (TPSA) is 79.7 Å². The summed E-state index contributed by atoms with van der Waals surface area (Å²) in [6.45, 7) is 1.24. The number of hydrogen-bond acceptors (Lipinski definition) is 4. The van der Waals surface area contributed by atoms with Crippen LogP contribution in [-0.2, 0) is 11.2 Å². The van der Waals surface area contributed by atoms with Gasteiger partial charge >= 0.3 is 12.3 Å². The van der Waals surface area contributed by atoms with Crippen molar-refractivity contribution in [1.29, 1.82) is 0 Å². The van der Waals surface area contributed by atoms with Crippen molar-refractivity contribution in [3.8, 4) is 11.6 Å². The lowest BCUT2D eigenvalue weighted by molar-refractivity contribution is -0.276. The molecular weight excluding hydrogens is 243 g/mol. The lowest BCUT2D eigenvalue weighted by Crippen LogP contribution is -2.18. The van der Waals surface area contributed by atoms with E-state index in [1.54, 1.807) is 0 Å². The van der Waals surface area contributed by atoms with Gasteiger partial charge in [0.15, 0.2) is 0 Å². The molecule has 0 radical (unpaired) electrons. The number of aliphatic carboxylic acids is 1. The summed E-state index contributed by atoms with van der Waals surface area (Å²) in [5, 5.41) is 17.9. The van der Waals surface area contributed by atoms with Gasteiger partial charge in [-0.2, -0.15) is 0 Å². The molecule has 17 heavy (non-hydrogen) atoms. The van der Waals surface area contributed by atoms with E-state index in [1.807, 2.05) is 0 Å². The van der Waals surface area contributed by atoms with Crippen molar-refractivity contribution in [3.63, 3.8) is 0 Å². The Kier molecular flexibility index (Phi) is 3.45. The van der Waals surface area contributed by atoms with E-state index in [0.29, 0.717) is 0 Å². The summed E-state index contributed by atoms with van der Waals surface area (Å²) in [7, 11) is 0. The van der Waals surface area contributed by atoms with E-state index in [4.69, 9.17) is 5.11 Å². The predicted octanol–water partition coefficient (Wildman–Crippen LogP) is 1.62. The van der Waals surface area contributed by atoms with Crippen LogP contribution in [0, 0.1) is 6.92 Å². The second-order valence-corrected chi connectivity index (χ2v) is 3.17. The highest BCUT2D eigenvalue weighted by molar-refractivity contribution is 5.71. The standard InChI is InChI=1S/C9H8F3NO4/c1-4-8(16)5(3-7(14)15)2-6(13-4)17-9(10,11)12/h2,16H,3H2,1H3,(H,14,15). The highest BCUT2D eigenvalue weighted by Gasteiger charge is 2.32. The van der Waals surface area contributed by atoms with Crippen molar-refractivity contribution in [3.05, 3.63) is 17.3 Å². The van der Waals surface area contributed by atoms with Crippen LogP contribution >= 0.6 is 0 Å². The fraction of sp³-hybridized carbons (Fsp3) is 0.333. The summed E-state index contributed by atoms with van der Waals surface area (Å²) in [5.41, 5.74) is -0.327. The van der Waals surface area contributed by atoms with Crippen LogP contribution in [0.15, 0.2) is 6.07 Å². The van der Waals surface area contributed by atoms with Gasteiger partial charge in [-0.25, -0.2) is 4.98 Å². The highest BCUT2D eigenvalue weighted by Crippen LogP contribution is 2.28.